The van der Waals surface area contributed by atoms with E-state index in [1.54, 1.807) is 0 Å². The predicted molar refractivity (Wildman–Crippen MR) is 58.6 cm³/mol. The second kappa shape index (κ2) is 6.71. The second-order valence-electron chi connectivity index (χ2n) is 3.43. The molecule has 0 spiro atoms. The van der Waals surface area contributed by atoms with E-state index in [0.29, 0.717) is 18.5 Å². The first kappa shape index (κ1) is 12.4. The van der Waals surface area contributed by atoms with Crippen LogP contribution < -0.4 is 5.32 Å². The van der Waals surface area contributed by atoms with Gasteiger partial charge in [-0.15, -0.1) is 0 Å². The molecule has 0 aliphatic carbocycles. The van der Waals surface area contributed by atoms with Crippen molar-refractivity contribution in [1.29, 1.82) is 0 Å². The minimum absolute atomic E-state index is 0.217. The van der Waals surface area contributed by atoms with Gasteiger partial charge >= 0.3 is 0 Å². The smallest absolute Gasteiger partial charge is 0.251 e. The molecule has 0 fully saturated rings. The van der Waals surface area contributed by atoms with E-state index in [2.05, 4.69) is 5.32 Å². The summed E-state index contributed by atoms with van der Waals surface area (Å²) in [6.45, 7) is 0.532. The molecule has 0 saturated heterocycles. The fraction of sp³-hybridized carbons (Fsp3) is 0.333. The highest BCUT2D eigenvalue weighted by Gasteiger charge is 2.03. The molecule has 86 valence electrons. The fourth-order valence-corrected chi connectivity index (χ4v) is 1.26. The maximum absolute atomic E-state index is 12.6. The molecular weight excluding hydrogens is 209 g/mol. The van der Waals surface area contributed by atoms with E-state index in [9.17, 15) is 14.0 Å². The highest BCUT2D eigenvalue weighted by Crippen LogP contribution is 2.02. The van der Waals surface area contributed by atoms with Crippen molar-refractivity contribution in [2.75, 3.05) is 6.54 Å². The Morgan fingerprint density at radius 2 is 1.94 bits per heavy atom. The van der Waals surface area contributed by atoms with Crippen LogP contribution >= 0.6 is 0 Å². The van der Waals surface area contributed by atoms with Gasteiger partial charge in [-0.1, -0.05) is 0 Å². The van der Waals surface area contributed by atoms with E-state index in [-0.39, 0.29) is 11.7 Å². The van der Waals surface area contributed by atoms with Gasteiger partial charge in [0.05, 0.1) is 0 Å². The monoisotopic (exact) mass is 223 g/mol. The molecule has 1 amide bonds. The number of carbonyl (C=O) groups is 2. The van der Waals surface area contributed by atoms with Gasteiger partial charge in [-0.05, 0) is 37.1 Å². The summed E-state index contributed by atoms with van der Waals surface area (Å²) >= 11 is 0. The molecule has 16 heavy (non-hydrogen) atoms. The lowest BCUT2D eigenvalue weighted by Crippen LogP contribution is -2.24. The topological polar surface area (TPSA) is 46.2 Å². The van der Waals surface area contributed by atoms with Gasteiger partial charge in [0.15, 0.2) is 0 Å². The maximum Gasteiger partial charge on any atom is 0.251 e. The fourth-order valence-electron chi connectivity index (χ4n) is 1.26. The maximum atomic E-state index is 12.6. The predicted octanol–water partition coefficient (Wildman–Crippen LogP) is 1.92. The highest BCUT2D eigenvalue weighted by atomic mass is 19.1. The summed E-state index contributed by atoms with van der Waals surface area (Å²) in [6.07, 6.45) is 2.92. The lowest BCUT2D eigenvalue weighted by Gasteiger charge is -2.04. The van der Waals surface area contributed by atoms with E-state index >= 15 is 0 Å². The van der Waals surface area contributed by atoms with Crippen molar-refractivity contribution >= 4 is 12.2 Å². The van der Waals surface area contributed by atoms with E-state index in [0.717, 1.165) is 19.1 Å². The van der Waals surface area contributed by atoms with Crippen LogP contribution in [0.2, 0.25) is 0 Å². The molecule has 1 rings (SSSR count). The van der Waals surface area contributed by atoms with Gasteiger partial charge in [-0.25, -0.2) is 4.39 Å². The molecule has 0 aliphatic heterocycles. The van der Waals surface area contributed by atoms with Crippen molar-refractivity contribution < 1.29 is 14.0 Å². The third kappa shape index (κ3) is 4.21. The van der Waals surface area contributed by atoms with Crippen molar-refractivity contribution in [2.24, 2.45) is 0 Å². The second-order valence-corrected chi connectivity index (χ2v) is 3.43. The zero-order valence-corrected chi connectivity index (χ0v) is 8.91. The van der Waals surface area contributed by atoms with Crippen molar-refractivity contribution in [2.45, 2.75) is 19.3 Å². The first-order chi connectivity index (χ1) is 7.74. The van der Waals surface area contributed by atoms with Crippen LogP contribution in [0.1, 0.15) is 29.6 Å². The summed E-state index contributed by atoms with van der Waals surface area (Å²) < 4.78 is 12.6. The number of nitrogens with one attached hydrogen (secondary N) is 1. The normalized spacial score (nSPS) is 9.81. The number of hydrogen-bond donors (Lipinski definition) is 1. The van der Waals surface area contributed by atoms with Gasteiger partial charge < -0.3 is 10.1 Å². The van der Waals surface area contributed by atoms with Gasteiger partial charge in [0.25, 0.3) is 5.91 Å². The molecule has 1 aromatic carbocycles. The number of halogens is 1. The number of hydrogen-bond acceptors (Lipinski definition) is 2. The minimum Gasteiger partial charge on any atom is -0.352 e. The molecule has 4 heteroatoms. The molecule has 0 unspecified atom stereocenters. The summed E-state index contributed by atoms with van der Waals surface area (Å²) in [5.74, 6) is -0.575. The lowest BCUT2D eigenvalue weighted by atomic mass is 10.2. The van der Waals surface area contributed by atoms with Crippen LogP contribution in [0.4, 0.5) is 4.39 Å². The molecule has 0 radical (unpaired) electrons. The van der Waals surface area contributed by atoms with Crippen LogP contribution in [0.25, 0.3) is 0 Å². The quantitative estimate of drug-likeness (QED) is 0.591. The van der Waals surface area contributed by atoms with Crippen LogP contribution in [0, 0.1) is 5.82 Å². The molecule has 1 N–H and O–H groups in total. The Morgan fingerprint density at radius 3 is 2.56 bits per heavy atom. The Morgan fingerprint density at radius 1 is 1.25 bits per heavy atom. The average molecular weight is 223 g/mol. The Hall–Kier alpha value is -1.71. The highest BCUT2D eigenvalue weighted by molar-refractivity contribution is 5.94. The summed E-state index contributed by atoms with van der Waals surface area (Å²) in [7, 11) is 0. The third-order valence-electron chi connectivity index (χ3n) is 2.14. The molecule has 0 heterocycles. The lowest BCUT2D eigenvalue weighted by molar-refractivity contribution is -0.107. The molecule has 3 nitrogen and oxygen atoms in total. The standard InChI is InChI=1S/C12H14FNO2/c13-11-6-4-10(5-7-11)12(16)14-8-2-1-3-9-15/h4-7,9H,1-3,8H2,(H,14,16). The van der Waals surface area contributed by atoms with Crippen LogP contribution in [-0.2, 0) is 4.79 Å². The van der Waals surface area contributed by atoms with Gasteiger partial charge in [0, 0.05) is 18.5 Å². The van der Waals surface area contributed by atoms with Crippen molar-refractivity contribution in [3.8, 4) is 0 Å². The van der Waals surface area contributed by atoms with E-state index in [1.165, 1.54) is 24.3 Å². The zero-order chi connectivity index (χ0) is 11.8. The van der Waals surface area contributed by atoms with Gasteiger partial charge in [-0.3, -0.25) is 4.79 Å². The van der Waals surface area contributed by atoms with E-state index in [4.69, 9.17) is 0 Å². The molecule has 0 atom stereocenters. The number of benzene rings is 1. The Bertz CT molecular complexity index is 349. The minimum atomic E-state index is -0.359. The SMILES string of the molecule is O=CCCCCNC(=O)c1ccc(F)cc1. The van der Waals surface area contributed by atoms with Crippen LogP contribution in [0.15, 0.2) is 24.3 Å². The number of aldehydes is 1. The van der Waals surface area contributed by atoms with Crippen LogP contribution in [0.5, 0.6) is 0 Å². The molecule has 0 aliphatic rings. The van der Waals surface area contributed by atoms with Crippen LogP contribution in [-0.4, -0.2) is 18.7 Å². The van der Waals surface area contributed by atoms with E-state index < -0.39 is 0 Å². The number of rotatable bonds is 6. The van der Waals surface area contributed by atoms with Gasteiger partial charge in [0.1, 0.15) is 12.1 Å². The molecule has 0 aromatic heterocycles. The third-order valence-corrected chi connectivity index (χ3v) is 2.14. The van der Waals surface area contributed by atoms with Crippen molar-refractivity contribution in [3.63, 3.8) is 0 Å². The average Bonchev–Trinajstić information content (AvgIpc) is 2.29. The summed E-state index contributed by atoms with van der Waals surface area (Å²) in [6, 6.07) is 5.38. The number of unbranched alkanes of at least 4 members (excludes halogenated alkanes) is 2. The van der Waals surface area contributed by atoms with E-state index in [1.807, 2.05) is 0 Å². The van der Waals surface area contributed by atoms with Crippen molar-refractivity contribution in [1.82, 2.24) is 5.32 Å². The van der Waals surface area contributed by atoms with Crippen molar-refractivity contribution in [3.05, 3.63) is 35.6 Å². The molecule has 1 aromatic rings. The Balaban J connectivity index is 2.29. The first-order valence-electron chi connectivity index (χ1n) is 5.21. The molecule has 0 bridgehead atoms. The summed E-state index contributed by atoms with van der Waals surface area (Å²) in [5, 5.41) is 2.70. The van der Waals surface area contributed by atoms with Gasteiger partial charge in [-0.2, -0.15) is 0 Å². The number of amides is 1. The summed E-state index contributed by atoms with van der Waals surface area (Å²) in [4.78, 5) is 21.5. The zero-order valence-electron chi connectivity index (χ0n) is 8.91. The number of carbonyl (C=O) groups excluding carboxylic acids is 2. The van der Waals surface area contributed by atoms with Crippen LogP contribution in [0.3, 0.4) is 0 Å². The Kier molecular flexibility index (Phi) is 5.19. The summed E-state index contributed by atoms with van der Waals surface area (Å²) in [5.41, 5.74) is 0.441. The Labute approximate surface area is 93.7 Å². The first-order valence-corrected chi connectivity index (χ1v) is 5.21. The largest absolute Gasteiger partial charge is 0.352 e. The van der Waals surface area contributed by atoms with Gasteiger partial charge in [0.2, 0.25) is 0 Å². The molecule has 0 saturated carbocycles. The molecular formula is C12H14FNO2.